The van der Waals surface area contributed by atoms with Crippen molar-refractivity contribution >= 4 is 60.5 Å². The number of nitrogens with one attached hydrogen (secondary N) is 1. The van der Waals surface area contributed by atoms with Crippen molar-refractivity contribution in [2.75, 3.05) is 5.32 Å². The Morgan fingerprint density at radius 2 is 1.77 bits per heavy atom. The molecular formula is C24H16N4OS. The first-order chi connectivity index (χ1) is 14.7. The van der Waals surface area contributed by atoms with E-state index in [9.17, 15) is 4.79 Å². The summed E-state index contributed by atoms with van der Waals surface area (Å²) >= 11 is 1.53. The molecule has 0 aliphatic rings. The third kappa shape index (κ3) is 2.44. The SMILES string of the molecule is Cc1nc2ccccc2c2c(NC(=O)c3ccc4ncsc4c3)c3ccccc3n12. The predicted octanol–water partition coefficient (Wildman–Crippen LogP) is 5.81. The van der Waals surface area contributed by atoms with E-state index < -0.39 is 0 Å². The van der Waals surface area contributed by atoms with Crippen molar-refractivity contribution in [3.8, 4) is 0 Å². The van der Waals surface area contributed by atoms with Crippen LogP contribution in [0.3, 0.4) is 0 Å². The molecule has 0 radical (unpaired) electrons. The topological polar surface area (TPSA) is 59.3 Å². The number of amides is 1. The van der Waals surface area contributed by atoms with Crippen molar-refractivity contribution < 1.29 is 4.79 Å². The van der Waals surface area contributed by atoms with E-state index in [0.717, 1.165) is 49.1 Å². The Labute approximate surface area is 175 Å². The summed E-state index contributed by atoms with van der Waals surface area (Å²) < 4.78 is 3.12. The average molecular weight is 408 g/mol. The van der Waals surface area contributed by atoms with Gasteiger partial charge in [-0.3, -0.25) is 9.20 Å². The minimum Gasteiger partial charge on any atom is -0.320 e. The Balaban J connectivity index is 1.61. The molecule has 30 heavy (non-hydrogen) atoms. The summed E-state index contributed by atoms with van der Waals surface area (Å²) in [5.74, 6) is 0.744. The lowest BCUT2D eigenvalue weighted by Gasteiger charge is -2.09. The lowest BCUT2D eigenvalue weighted by Crippen LogP contribution is -2.12. The van der Waals surface area contributed by atoms with Gasteiger partial charge in [0.05, 0.1) is 38.0 Å². The fourth-order valence-corrected chi connectivity index (χ4v) is 4.85. The minimum atomic E-state index is -0.137. The lowest BCUT2D eigenvalue weighted by atomic mass is 10.1. The van der Waals surface area contributed by atoms with E-state index >= 15 is 0 Å². The number of carbonyl (C=O) groups excluding carboxylic acids is 1. The molecule has 0 atom stereocenters. The maximum absolute atomic E-state index is 13.2. The fraction of sp³-hybridized carbons (Fsp3) is 0.0417. The van der Waals surface area contributed by atoms with Crippen LogP contribution in [0.15, 0.2) is 72.2 Å². The van der Waals surface area contributed by atoms with Gasteiger partial charge in [0, 0.05) is 16.3 Å². The third-order valence-corrected chi connectivity index (χ3v) is 6.26. The maximum atomic E-state index is 13.2. The molecule has 1 N–H and O–H groups in total. The van der Waals surface area contributed by atoms with Gasteiger partial charge in [0.15, 0.2) is 0 Å². The number of thiazole rings is 1. The number of para-hydroxylation sites is 2. The highest BCUT2D eigenvalue weighted by molar-refractivity contribution is 7.16. The van der Waals surface area contributed by atoms with Crippen LogP contribution < -0.4 is 5.32 Å². The number of hydrogen-bond donors (Lipinski definition) is 1. The molecule has 3 aromatic carbocycles. The minimum absolute atomic E-state index is 0.137. The zero-order valence-corrected chi connectivity index (χ0v) is 16.9. The average Bonchev–Trinajstić information content (AvgIpc) is 3.37. The van der Waals surface area contributed by atoms with Crippen LogP contribution in [0.1, 0.15) is 16.2 Å². The predicted molar refractivity (Wildman–Crippen MR) is 123 cm³/mol. The van der Waals surface area contributed by atoms with E-state index in [4.69, 9.17) is 4.98 Å². The first-order valence-corrected chi connectivity index (χ1v) is 10.5. The van der Waals surface area contributed by atoms with Crippen LogP contribution in [-0.2, 0) is 0 Å². The normalized spacial score (nSPS) is 11.6. The van der Waals surface area contributed by atoms with Gasteiger partial charge in [0.1, 0.15) is 5.82 Å². The third-order valence-electron chi connectivity index (χ3n) is 5.47. The van der Waals surface area contributed by atoms with Crippen LogP contribution in [0.2, 0.25) is 0 Å². The molecule has 3 heterocycles. The van der Waals surface area contributed by atoms with Gasteiger partial charge in [0.25, 0.3) is 5.91 Å². The smallest absolute Gasteiger partial charge is 0.255 e. The summed E-state index contributed by atoms with van der Waals surface area (Å²) in [6.45, 7) is 2.00. The Hall–Kier alpha value is -3.77. The standard InChI is InChI=1S/C24H16N4OS/c1-14-26-18-8-4-2-6-16(18)23-22(17-7-3-5-9-20(17)28(14)23)27-24(29)15-10-11-19-21(12-15)30-13-25-19/h2-13H,1H3,(H,27,29). The molecule has 0 aliphatic heterocycles. The van der Waals surface area contributed by atoms with Crippen LogP contribution in [0, 0.1) is 6.92 Å². The number of hydrogen-bond acceptors (Lipinski definition) is 4. The molecule has 3 aromatic heterocycles. The Bertz CT molecular complexity index is 1610. The molecule has 6 heteroatoms. The second kappa shape index (κ2) is 6.37. The number of rotatable bonds is 2. The first kappa shape index (κ1) is 17.1. The largest absolute Gasteiger partial charge is 0.320 e. The van der Waals surface area contributed by atoms with Crippen LogP contribution in [-0.4, -0.2) is 20.3 Å². The number of carbonyl (C=O) groups is 1. The van der Waals surface area contributed by atoms with Gasteiger partial charge in [0.2, 0.25) is 0 Å². The maximum Gasteiger partial charge on any atom is 0.255 e. The summed E-state index contributed by atoms with van der Waals surface area (Å²) in [6.07, 6.45) is 0. The number of nitrogens with zero attached hydrogens (tertiary/aromatic N) is 3. The Morgan fingerprint density at radius 1 is 0.967 bits per heavy atom. The molecule has 0 aliphatic carbocycles. The second-order valence-electron chi connectivity index (χ2n) is 7.24. The fourth-order valence-electron chi connectivity index (χ4n) is 4.14. The van der Waals surface area contributed by atoms with E-state index in [2.05, 4.69) is 26.8 Å². The highest BCUT2D eigenvalue weighted by atomic mass is 32.1. The first-order valence-electron chi connectivity index (χ1n) is 9.64. The molecule has 0 saturated carbocycles. The van der Waals surface area contributed by atoms with Crippen molar-refractivity contribution in [3.63, 3.8) is 0 Å². The van der Waals surface area contributed by atoms with Gasteiger partial charge in [-0.05, 0) is 37.3 Å². The molecule has 0 bridgehead atoms. The summed E-state index contributed by atoms with van der Waals surface area (Å²) in [6, 6.07) is 21.7. The number of anilines is 1. The zero-order valence-electron chi connectivity index (χ0n) is 16.1. The zero-order chi connectivity index (χ0) is 20.2. The molecule has 5 nitrogen and oxygen atoms in total. The van der Waals surface area contributed by atoms with E-state index in [-0.39, 0.29) is 5.91 Å². The summed E-state index contributed by atoms with van der Waals surface area (Å²) in [7, 11) is 0. The molecule has 144 valence electrons. The number of aromatic nitrogens is 3. The molecule has 0 fully saturated rings. The Kier molecular flexibility index (Phi) is 3.63. The quantitative estimate of drug-likeness (QED) is 0.393. The van der Waals surface area contributed by atoms with Crippen LogP contribution in [0.5, 0.6) is 0 Å². The van der Waals surface area contributed by atoms with Gasteiger partial charge in [-0.1, -0.05) is 36.4 Å². The van der Waals surface area contributed by atoms with E-state index in [0.29, 0.717) is 5.56 Å². The van der Waals surface area contributed by atoms with Crippen molar-refractivity contribution in [2.24, 2.45) is 0 Å². The monoisotopic (exact) mass is 408 g/mol. The molecular weight excluding hydrogens is 392 g/mol. The highest BCUT2D eigenvalue weighted by Crippen LogP contribution is 2.36. The van der Waals surface area contributed by atoms with Gasteiger partial charge >= 0.3 is 0 Å². The van der Waals surface area contributed by atoms with Crippen molar-refractivity contribution in [1.82, 2.24) is 14.4 Å². The lowest BCUT2D eigenvalue weighted by molar-refractivity contribution is 0.102. The highest BCUT2D eigenvalue weighted by Gasteiger charge is 2.19. The van der Waals surface area contributed by atoms with Gasteiger partial charge in [-0.15, -0.1) is 11.3 Å². The van der Waals surface area contributed by atoms with E-state index in [1.165, 1.54) is 11.3 Å². The van der Waals surface area contributed by atoms with Crippen LogP contribution in [0.4, 0.5) is 5.69 Å². The molecule has 6 rings (SSSR count). The number of aryl methyl sites for hydroxylation is 1. The molecule has 0 spiro atoms. The van der Waals surface area contributed by atoms with Gasteiger partial charge in [-0.25, -0.2) is 9.97 Å². The molecule has 0 saturated heterocycles. The van der Waals surface area contributed by atoms with Crippen molar-refractivity contribution in [2.45, 2.75) is 6.92 Å². The number of benzene rings is 3. The molecule has 1 amide bonds. The van der Waals surface area contributed by atoms with Crippen LogP contribution in [0.25, 0.3) is 37.5 Å². The Morgan fingerprint density at radius 3 is 2.67 bits per heavy atom. The summed E-state index contributed by atoms with van der Waals surface area (Å²) in [5, 5.41) is 5.20. The van der Waals surface area contributed by atoms with E-state index in [1.807, 2.05) is 61.5 Å². The van der Waals surface area contributed by atoms with Gasteiger partial charge in [-0.2, -0.15) is 0 Å². The van der Waals surface area contributed by atoms with Gasteiger partial charge < -0.3 is 5.32 Å². The van der Waals surface area contributed by atoms with Crippen molar-refractivity contribution in [1.29, 1.82) is 0 Å². The second-order valence-corrected chi connectivity index (χ2v) is 8.13. The summed E-state index contributed by atoms with van der Waals surface area (Å²) in [4.78, 5) is 22.3. The molecule has 0 unspecified atom stereocenters. The van der Waals surface area contributed by atoms with Crippen LogP contribution >= 0.6 is 11.3 Å². The molecule has 6 aromatic rings. The van der Waals surface area contributed by atoms with E-state index in [1.54, 1.807) is 5.51 Å². The van der Waals surface area contributed by atoms with Crippen molar-refractivity contribution in [3.05, 3.63) is 83.6 Å². The number of fused-ring (bicyclic) bond motifs is 6. The summed E-state index contributed by atoms with van der Waals surface area (Å²) in [5.41, 5.74) is 7.02.